The van der Waals surface area contributed by atoms with Gasteiger partial charge in [0.05, 0.1) is 12.2 Å². The van der Waals surface area contributed by atoms with Gasteiger partial charge in [-0.15, -0.1) is 0 Å². The Morgan fingerprint density at radius 3 is 2.53 bits per heavy atom. The summed E-state index contributed by atoms with van der Waals surface area (Å²) in [6.07, 6.45) is 5.54. The van der Waals surface area contributed by atoms with E-state index in [1.807, 2.05) is 24.3 Å². The lowest BCUT2D eigenvalue weighted by atomic mass is 10.1. The number of aliphatic carboxylic acids is 1. The molecule has 2 aromatic rings. The van der Waals surface area contributed by atoms with E-state index in [0.29, 0.717) is 5.69 Å². The Bertz CT molecular complexity index is 906. The van der Waals surface area contributed by atoms with Gasteiger partial charge in [-0.25, -0.2) is 9.78 Å². The molecule has 2 atom stereocenters. The predicted molar refractivity (Wildman–Crippen MR) is 110 cm³/mol. The van der Waals surface area contributed by atoms with Crippen LogP contribution in [0.3, 0.4) is 0 Å². The van der Waals surface area contributed by atoms with Crippen LogP contribution in [0.4, 0.5) is 11.4 Å². The first-order valence-corrected chi connectivity index (χ1v) is 10.2. The Morgan fingerprint density at radius 2 is 1.90 bits per heavy atom. The third kappa shape index (κ3) is 4.29. The average Bonchev–Trinajstić information content (AvgIpc) is 3.49. The molecule has 0 spiro atoms. The van der Waals surface area contributed by atoms with Crippen LogP contribution < -0.4 is 15.1 Å². The summed E-state index contributed by atoms with van der Waals surface area (Å²) in [7, 11) is 0. The van der Waals surface area contributed by atoms with Crippen molar-refractivity contribution in [2.75, 3.05) is 29.4 Å². The molecule has 1 aromatic carbocycles. The second-order valence-electron chi connectivity index (χ2n) is 7.80. The Labute approximate surface area is 174 Å². The third-order valence-corrected chi connectivity index (χ3v) is 5.72. The number of aromatic nitrogens is 2. The molecule has 2 amide bonds. The molecule has 0 aliphatic carbocycles. The second kappa shape index (κ2) is 8.56. The van der Waals surface area contributed by atoms with Gasteiger partial charge >= 0.3 is 5.97 Å². The van der Waals surface area contributed by atoms with Crippen molar-refractivity contribution in [2.45, 2.75) is 31.7 Å². The number of hydrogen-bond acceptors (Lipinski definition) is 5. The van der Waals surface area contributed by atoms with Crippen LogP contribution in [0.15, 0.2) is 36.8 Å². The average molecular weight is 411 g/mol. The molecule has 2 unspecified atom stereocenters. The highest BCUT2D eigenvalue weighted by atomic mass is 16.4. The zero-order chi connectivity index (χ0) is 21.1. The molecule has 0 radical (unpaired) electrons. The van der Waals surface area contributed by atoms with Crippen LogP contribution in [0.25, 0.3) is 0 Å². The number of carbonyl (C=O) groups excluding carboxylic acids is 2. The number of hydrogen-bond donors (Lipinski definition) is 3. The van der Waals surface area contributed by atoms with Gasteiger partial charge in [0.2, 0.25) is 11.8 Å². The SMILES string of the molecule is O=C(NC(Cc1cnc[nH]1)C(=O)O)C1CC(=O)N(c2ccc(N3CCCC3)cc2)C1. The van der Waals surface area contributed by atoms with E-state index in [2.05, 4.69) is 20.2 Å². The monoisotopic (exact) mass is 411 g/mol. The van der Waals surface area contributed by atoms with Crippen LogP contribution in [0.5, 0.6) is 0 Å². The molecule has 2 saturated heterocycles. The van der Waals surface area contributed by atoms with Crippen LogP contribution >= 0.6 is 0 Å². The highest BCUT2D eigenvalue weighted by Gasteiger charge is 2.36. The lowest BCUT2D eigenvalue weighted by Crippen LogP contribution is -2.45. The van der Waals surface area contributed by atoms with E-state index in [-0.39, 0.29) is 25.3 Å². The molecule has 3 heterocycles. The van der Waals surface area contributed by atoms with E-state index in [1.165, 1.54) is 25.4 Å². The summed E-state index contributed by atoms with van der Waals surface area (Å²) in [5.74, 6) is -2.27. The maximum absolute atomic E-state index is 12.7. The smallest absolute Gasteiger partial charge is 0.326 e. The number of carboxylic acid groups (broad SMARTS) is 1. The summed E-state index contributed by atoms with van der Waals surface area (Å²) >= 11 is 0. The summed E-state index contributed by atoms with van der Waals surface area (Å²) in [6, 6.07) is 6.74. The van der Waals surface area contributed by atoms with Crippen LogP contribution in [0.2, 0.25) is 0 Å². The van der Waals surface area contributed by atoms with Gasteiger partial charge < -0.3 is 25.2 Å². The summed E-state index contributed by atoms with van der Waals surface area (Å²) in [5.41, 5.74) is 2.51. The lowest BCUT2D eigenvalue weighted by molar-refractivity contribution is -0.142. The van der Waals surface area contributed by atoms with Crippen LogP contribution in [-0.2, 0) is 20.8 Å². The van der Waals surface area contributed by atoms with E-state index in [9.17, 15) is 19.5 Å². The van der Waals surface area contributed by atoms with Crippen molar-refractivity contribution < 1.29 is 19.5 Å². The first kappa shape index (κ1) is 19.9. The molecule has 9 heteroatoms. The minimum atomic E-state index is -1.13. The second-order valence-corrected chi connectivity index (χ2v) is 7.80. The van der Waals surface area contributed by atoms with E-state index in [0.717, 1.165) is 24.5 Å². The van der Waals surface area contributed by atoms with E-state index in [1.54, 1.807) is 4.90 Å². The van der Waals surface area contributed by atoms with Gasteiger partial charge in [-0.3, -0.25) is 9.59 Å². The fraction of sp³-hybridized carbons (Fsp3) is 0.429. The van der Waals surface area contributed by atoms with Crippen molar-refractivity contribution in [2.24, 2.45) is 5.92 Å². The molecule has 9 nitrogen and oxygen atoms in total. The van der Waals surface area contributed by atoms with E-state index < -0.39 is 23.8 Å². The Balaban J connectivity index is 1.38. The van der Waals surface area contributed by atoms with Crippen LogP contribution in [0.1, 0.15) is 25.0 Å². The Kier molecular flexibility index (Phi) is 5.69. The number of benzene rings is 1. The van der Waals surface area contributed by atoms with Gasteiger partial charge in [0.25, 0.3) is 0 Å². The number of imidazole rings is 1. The Morgan fingerprint density at radius 1 is 1.20 bits per heavy atom. The number of aromatic amines is 1. The molecule has 0 saturated carbocycles. The maximum atomic E-state index is 12.7. The first-order valence-electron chi connectivity index (χ1n) is 10.2. The highest BCUT2D eigenvalue weighted by Crippen LogP contribution is 2.28. The summed E-state index contributed by atoms with van der Waals surface area (Å²) in [5, 5.41) is 12.0. The van der Waals surface area contributed by atoms with Crippen molar-refractivity contribution in [3.63, 3.8) is 0 Å². The molecule has 4 rings (SSSR count). The van der Waals surface area contributed by atoms with Crippen molar-refractivity contribution in [1.29, 1.82) is 0 Å². The molecule has 2 aliphatic rings. The molecule has 158 valence electrons. The molecule has 1 aromatic heterocycles. The number of carboxylic acids is 1. The van der Waals surface area contributed by atoms with Crippen molar-refractivity contribution in [3.8, 4) is 0 Å². The molecule has 3 N–H and O–H groups in total. The number of rotatable bonds is 7. The lowest BCUT2D eigenvalue weighted by Gasteiger charge is -2.21. The fourth-order valence-electron chi connectivity index (χ4n) is 4.06. The van der Waals surface area contributed by atoms with Gasteiger partial charge in [0.1, 0.15) is 6.04 Å². The number of nitrogens with zero attached hydrogens (tertiary/aromatic N) is 3. The van der Waals surface area contributed by atoms with Gasteiger partial charge in [0.15, 0.2) is 0 Å². The maximum Gasteiger partial charge on any atom is 0.326 e. The van der Waals surface area contributed by atoms with Gasteiger partial charge in [-0.05, 0) is 37.1 Å². The highest BCUT2D eigenvalue weighted by molar-refractivity contribution is 6.01. The zero-order valence-electron chi connectivity index (χ0n) is 16.6. The molecular formula is C21H25N5O4. The molecule has 2 fully saturated rings. The number of amides is 2. The first-order chi connectivity index (χ1) is 14.5. The largest absolute Gasteiger partial charge is 0.480 e. The standard InChI is InChI=1S/C21H25N5O4/c27-19-9-14(20(28)24-18(21(29)30)10-15-11-22-13-23-15)12-26(19)17-5-3-16(4-6-17)25-7-1-2-8-25/h3-6,11,13-14,18H,1-2,7-10,12H2,(H,22,23)(H,24,28)(H,29,30). The van der Waals surface area contributed by atoms with Gasteiger partial charge in [0, 0.05) is 55.7 Å². The predicted octanol–water partition coefficient (Wildman–Crippen LogP) is 1.17. The fourth-order valence-corrected chi connectivity index (χ4v) is 4.06. The summed E-state index contributed by atoms with van der Waals surface area (Å²) < 4.78 is 0. The minimum absolute atomic E-state index is 0.0656. The number of anilines is 2. The molecule has 2 aliphatic heterocycles. The quantitative estimate of drug-likeness (QED) is 0.630. The van der Waals surface area contributed by atoms with Gasteiger partial charge in [-0.2, -0.15) is 0 Å². The van der Waals surface area contributed by atoms with Crippen LogP contribution in [0, 0.1) is 5.92 Å². The van der Waals surface area contributed by atoms with E-state index in [4.69, 9.17) is 0 Å². The number of carbonyl (C=O) groups is 3. The summed E-state index contributed by atoms with van der Waals surface area (Å²) in [6.45, 7) is 2.34. The Hall–Kier alpha value is -3.36. The zero-order valence-corrected chi connectivity index (χ0v) is 16.6. The minimum Gasteiger partial charge on any atom is -0.480 e. The molecule has 30 heavy (non-hydrogen) atoms. The normalized spacial score (nSPS) is 19.9. The number of nitrogens with one attached hydrogen (secondary N) is 2. The van der Waals surface area contributed by atoms with E-state index >= 15 is 0 Å². The third-order valence-electron chi connectivity index (χ3n) is 5.72. The van der Waals surface area contributed by atoms with Crippen molar-refractivity contribution >= 4 is 29.2 Å². The van der Waals surface area contributed by atoms with Crippen molar-refractivity contribution in [1.82, 2.24) is 15.3 Å². The van der Waals surface area contributed by atoms with Crippen LogP contribution in [-0.4, -0.2) is 58.5 Å². The van der Waals surface area contributed by atoms with Crippen molar-refractivity contribution in [3.05, 3.63) is 42.5 Å². The summed E-state index contributed by atoms with van der Waals surface area (Å²) in [4.78, 5) is 47.3. The topological polar surface area (TPSA) is 119 Å². The molecular weight excluding hydrogens is 386 g/mol. The number of H-pyrrole nitrogens is 1. The van der Waals surface area contributed by atoms with Gasteiger partial charge in [-0.1, -0.05) is 0 Å². The molecule has 0 bridgehead atoms.